The summed E-state index contributed by atoms with van der Waals surface area (Å²) in [4.78, 5) is 5.10. The van der Waals surface area contributed by atoms with Gasteiger partial charge in [0, 0.05) is 48.4 Å². The van der Waals surface area contributed by atoms with E-state index >= 15 is 0 Å². The summed E-state index contributed by atoms with van der Waals surface area (Å²) in [5.41, 5.74) is 19.7. The lowest BCUT2D eigenvalue weighted by Crippen LogP contribution is -2.36. The normalized spacial score (nSPS) is 14.5. The third-order valence-corrected chi connectivity index (χ3v) is 16.0. The topological polar surface area (TPSA) is 8.17 Å². The summed E-state index contributed by atoms with van der Waals surface area (Å²) in [5.74, 6) is 0. The molecule has 0 N–H and O–H groups in total. The fraction of sp³-hybridized carbons (Fsp3) is 0.0645. The SMILES string of the molecule is CC1(C)c2ccccc2-c2cc(-n3c4ccccc4c4ccc(N(c5ccccc5)c5ccc6c7c(cccc57)C5(c7ccccc7Sc7ccccc75)c5ccccc5-6)cc43)ccc21. The molecular formula is C62H42N2S. The summed E-state index contributed by atoms with van der Waals surface area (Å²) in [7, 11) is 0. The molecule has 0 radical (unpaired) electrons. The van der Waals surface area contributed by atoms with Crippen LogP contribution in [0, 0.1) is 0 Å². The zero-order valence-electron chi connectivity index (χ0n) is 36.1. The number of nitrogens with zero attached hydrogens (tertiary/aromatic N) is 2. The largest absolute Gasteiger partial charge is 0.310 e. The Hall–Kier alpha value is -7.59. The molecule has 1 spiro atoms. The maximum atomic E-state index is 2.49. The van der Waals surface area contributed by atoms with Gasteiger partial charge < -0.3 is 9.47 Å². The van der Waals surface area contributed by atoms with Crippen LogP contribution in [0.25, 0.3) is 60.5 Å². The van der Waals surface area contributed by atoms with Crippen molar-refractivity contribution in [2.45, 2.75) is 34.5 Å². The lowest BCUT2D eigenvalue weighted by molar-refractivity contribution is 0.660. The van der Waals surface area contributed by atoms with E-state index in [-0.39, 0.29) is 5.41 Å². The van der Waals surface area contributed by atoms with Gasteiger partial charge in [-0.3, -0.25) is 0 Å². The van der Waals surface area contributed by atoms with Crippen LogP contribution in [-0.2, 0) is 10.8 Å². The molecule has 0 bridgehead atoms. The molecule has 0 amide bonds. The second kappa shape index (κ2) is 13.5. The van der Waals surface area contributed by atoms with Crippen molar-refractivity contribution in [1.82, 2.24) is 4.57 Å². The lowest BCUT2D eigenvalue weighted by atomic mass is 9.59. The molecule has 2 heterocycles. The Morgan fingerprint density at radius 3 is 1.77 bits per heavy atom. The van der Waals surface area contributed by atoms with Crippen LogP contribution in [0.4, 0.5) is 17.1 Å². The van der Waals surface area contributed by atoms with Crippen LogP contribution in [0.3, 0.4) is 0 Å². The summed E-state index contributed by atoms with van der Waals surface area (Å²) in [6.07, 6.45) is 0. The molecule has 0 fully saturated rings. The zero-order valence-corrected chi connectivity index (χ0v) is 36.9. The van der Waals surface area contributed by atoms with Crippen LogP contribution >= 0.6 is 11.8 Å². The highest BCUT2D eigenvalue weighted by Crippen LogP contribution is 2.62. The van der Waals surface area contributed by atoms with Crippen molar-refractivity contribution in [1.29, 1.82) is 0 Å². The predicted molar refractivity (Wildman–Crippen MR) is 272 cm³/mol. The quantitative estimate of drug-likeness (QED) is 0.174. The number of hydrogen-bond acceptors (Lipinski definition) is 2. The number of rotatable bonds is 4. The molecule has 1 aliphatic heterocycles. The zero-order chi connectivity index (χ0) is 43.0. The first-order chi connectivity index (χ1) is 32.0. The number of benzene rings is 10. The smallest absolute Gasteiger partial charge is 0.0735 e. The molecular weight excluding hydrogens is 805 g/mol. The van der Waals surface area contributed by atoms with Gasteiger partial charge in [0.05, 0.1) is 22.1 Å². The van der Waals surface area contributed by atoms with E-state index in [1.54, 1.807) is 0 Å². The Kier molecular flexibility index (Phi) is 7.63. The third kappa shape index (κ3) is 4.91. The van der Waals surface area contributed by atoms with E-state index in [2.05, 4.69) is 242 Å². The predicted octanol–water partition coefficient (Wildman–Crippen LogP) is 16.5. The first-order valence-electron chi connectivity index (χ1n) is 22.7. The van der Waals surface area contributed by atoms with Crippen molar-refractivity contribution in [2.24, 2.45) is 0 Å². The minimum absolute atomic E-state index is 0.0578. The maximum Gasteiger partial charge on any atom is 0.0735 e. The molecule has 3 heteroatoms. The molecule has 0 unspecified atom stereocenters. The number of hydrogen-bond donors (Lipinski definition) is 0. The summed E-state index contributed by atoms with van der Waals surface area (Å²) < 4.78 is 2.49. The van der Waals surface area contributed by atoms with Crippen LogP contribution in [-0.4, -0.2) is 4.57 Å². The van der Waals surface area contributed by atoms with Gasteiger partial charge in [0.25, 0.3) is 0 Å². The minimum Gasteiger partial charge on any atom is -0.310 e. The second-order valence-electron chi connectivity index (χ2n) is 18.4. The first-order valence-corrected chi connectivity index (χ1v) is 23.5. The number of anilines is 3. The first kappa shape index (κ1) is 36.8. The Bertz CT molecular complexity index is 3750. The number of para-hydroxylation sites is 2. The van der Waals surface area contributed by atoms with Crippen molar-refractivity contribution in [2.75, 3.05) is 4.90 Å². The van der Waals surface area contributed by atoms with Crippen molar-refractivity contribution in [3.05, 3.63) is 252 Å². The molecule has 11 aromatic rings. The Labute approximate surface area is 383 Å². The van der Waals surface area contributed by atoms with E-state index in [9.17, 15) is 0 Å². The Morgan fingerprint density at radius 2 is 0.985 bits per heavy atom. The van der Waals surface area contributed by atoms with Crippen LogP contribution in [0.1, 0.15) is 47.2 Å². The Balaban J connectivity index is 1.03. The summed E-state index contributed by atoms with van der Waals surface area (Å²) in [5, 5.41) is 5.02. The van der Waals surface area contributed by atoms with Gasteiger partial charge in [0.1, 0.15) is 0 Å². The molecule has 10 aromatic carbocycles. The standard InChI is InChI=1S/C62H42N2S/c1-61(2)49-23-9-6-20-43(49)48-37-40(32-35-50(48)61)64-55-28-13-8-21-44(55)45-33-31-41(38-57(45)64)63(39-17-4-3-5-18-39)56-36-34-46-42-19-7-10-24-51(42)62(54-27-16-22-47(56)60(46)54)52-25-11-14-29-58(52)65-59-30-15-12-26-53(59)62/h3-38H,1-2H3. The van der Waals surface area contributed by atoms with E-state index in [1.807, 2.05) is 11.8 Å². The molecule has 306 valence electrons. The average Bonchev–Trinajstić information content (AvgIpc) is 3.81. The molecule has 65 heavy (non-hydrogen) atoms. The summed E-state index contributed by atoms with van der Waals surface area (Å²) in [6.45, 7) is 4.71. The van der Waals surface area contributed by atoms with Gasteiger partial charge in [0.15, 0.2) is 0 Å². The van der Waals surface area contributed by atoms with Crippen molar-refractivity contribution >= 4 is 61.4 Å². The number of fused-ring (bicyclic) bond motifs is 14. The Morgan fingerprint density at radius 1 is 0.385 bits per heavy atom. The van der Waals surface area contributed by atoms with Crippen LogP contribution in [0.15, 0.2) is 228 Å². The van der Waals surface area contributed by atoms with Gasteiger partial charge in [-0.1, -0.05) is 183 Å². The monoisotopic (exact) mass is 846 g/mol. The van der Waals surface area contributed by atoms with Crippen molar-refractivity contribution < 1.29 is 0 Å². The van der Waals surface area contributed by atoms with Gasteiger partial charge in [-0.2, -0.15) is 0 Å². The van der Waals surface area contributed by atoms with E-state index < -0.39 is 5.41 Å². The minimum atomic E-state index is -0.497. The van der Waals surface area contributed by atoms with E-state index in [1.165, 1.54) is 104 Å². The molecule has 14 rings (SSSR count). The molecule has 3 aliphatic rings. The van der Waals surface area contributed by atoms with E-state index in [0.717, 1.165) is 17.1 Å². The van der Waals surface area contributed by atoms with Crippen molar-refractivity contribution in [3.63, 3.8) is 0 Å². The molecule has 0 saturated carbocycles. The highest BCUT2D eigenvalue weighted by molar-refractivity contribution is 7.99. The third-order valence-electron chi connectivity index (χ3n) is 14.8. The van der Waals surface area contributed by atoms with Crippen LogP contribution in [0.5, 0.6) is 0 Å². The second-order valence-corrected chi connectivity index (χ2v) is 19.5. The van der Waals surface area contributed by atoms with Gasteiger partial charge in [0.2, 0.25) is 0 Å². The highest BCUT2D eigenvalue weighted by Gasteiger charge is 2.48. The van der Waals surface area contributed by atoms with Crippen LogP contribution < -0.4 is 4.90 Å². The molecule has 2 nitrogen and oxygen atoms in total. The summed E-state index contributed by atoms with van der Waals surface area (Å²) in [6, 6.07) is 82.1. The van der Waals surface area contributed by atoms with Gasteiger partial charge in [-0.15, -0.1) is 0 Å². The maximum absolute atomic E-state index is 2.49. The lowest BCUT2D eigenvalue weighted by Gasteiger charge is -2.46. The fourth-order valence-corrected chi connectivity index (χ4v) is 13.3. The van der Waals surface area contributed by atoms with E-state index in [4.69, 9.17) is 0 Å². The summed E-state index contributed by atoms with van der Waals surface area (Å²) >= 11 is 1.89. The fourth-order valence-electron chi connectivity index (χ4n) is 12.1. The van der Waals surface area contributed by atoms with Gasteiger partial charge in [-0.05, 0) is 122 Å². The van der Waals surface area contributed by atoms with Crippen molar-refractivity contribution in [3.8, 4) is 27.9 Å². The van der Waals surface area contributed by atoms with Crippen LogP contribution in [0.2, 0.25) is 0 Å². The molecule has 0 saturated heterocycles. The molecule has 1 aromatic heterocycles. The van der Waals surface area contributed by atoms with Gasteiger partial charge >= 0.3 is 0 Å². The average molecular weight is 847 g/mol. The molecule has 0 atom stereocenters. The van der Waals surface area contributed by atoms with E-state index in [0.29, 0.717) is 0 Å². The van der Waals surface area contributed by atoms with Gasteiger partial charge in [-0.25, -0.2) is 0 Å². The number of aromatic nitrogens is 1. The molecule has 2 aliphatic carbocycles. The highest BCUT2D eigenvalue weighted by atomic mass is 32.2.